The standard InChI is InChI=1S/C13H28N2/c1-3-11(4-2)9-15-10-12-6-5-7-13(14)8-12/h11-13,15H,3-10,14H2,1-2H3. The molecule has 0 spiro atoms. The molecule has 1 rings (SSSR count). The second kappa shape index (κ2) is 7.24. The summed E-state index contributed by atoms with van der Waals surface area (Å²) in [6.45, 7) is 6.95. The molecule has 0 bridgehead atoms. The van der Waals surface area contributed by atoms with Gasteiger partial charge < -0.3 is 11.1 Å². The fourth-order valence-corrected chi connectivity index (χ4v) is 2.59. The van der Waals surface area contributed by atoms with E-state index in [2.05, 4.69) is 19.2 Å². The Morgan fingerprint density at radius 1 is 1.27 bits per heavy atom. The molecule has 0 heterocycles. The Bertz CT molecular complexity index is 155. The molecule has 0 aromatic rings. The van der Waals surface area contributed by atoms with Crippen molar-refractivity contribution < 1.29 is 0 Å². The van der Waals surface area contributed by atoms with Gasteiger partial charge in [0.15, 0.2) is 0 Å². The van der Waals surface area contributed by atoms with E-state index in [1.165, 1.54) is 51.6 Å². The highest BCUT2D eigenvalue weighted by molar-refractivity contribution is 4.76. The van der Waals surface area contributed by atoms with Gasteiger partial charge in [0.2, 0.25) is 0 Å². The lowest BCUT2D eigenvalue weighted by molar-refractivity contribution is 0.302. The largest absolute Gasteiger partial charge is 0.328 e. The molecule has 1 fully saturated rings. The van der Waals surface area contributed by atoms with E-state index in [9.17, 15) is 0 Å². The summed E-state index contributed by atoms with van der Waals surface area (Å²) < 4.78 is 0. The van der Waals surface area contributed by atoms with E-state index in [0.29, 0.717) is 6.04 Å². The summed E-state index contributed by atoms with van der Waals surface area (Å²) in [4.78, 5) is 0. The fourth-order valence-electron chi connectivity index (χ4n) is 2.59. The van der Waals surface area contributed by atoms with E-state index in [1.807, 2.05) is 0 Å². The Labute approximate surface area is 95.0 Å². The molecule has 0 aliphatic heterocycles. The summed E-state index contributed by atoms with van der Waals surface area (Å²) in [6, 6.07) is 0.471. The highest BCUT2D eigenvalue weighted by Gasteiger charge is 2.18. The first-order chi connectivity index (χ1) is 7.26. The van der Waals surface area contributed by atoms with Crippen molar-refractivity contribution in [3.8, 4) is 0 Å². The van der Waals surface area contributed by atoms with Crippen molar-refractivity contribution in [2.75, 3.05) is 13.1 Å². The SMILES string of the molecule is CCC(CC)CNCC1CCCC(N)C1. The number of rotatable bonds is 6. The smallest absolute Gasteiger partial charge is 0.00419 e. The second-order valence-electron chi connectivity index (χ2n) is 5.13. The van der Waals surface area contributed by atoms with Gasteiger partial charge in [0, 0.05) is 6.04 Å². The molecule has 0 aromatic carbocycles. The van der Waals surface area contributed by atoms with E-state index in [4.69, 9.17) is 5.73 Å². The Kier molecular flexibility index (Phi) is 6.26. The van der Waals surface area contributed by atoms with Crippen molar-refractivity contribution in [2.45, 2.75) is 58.4 Å². The van der Waals surface area contributed by atoms with Gasteiger partial charge in [-0.25, -0.2) is 0 Å². The van der Waals surface area contributed by atoms with Crippen molar-refractivity contribution in [1.29, 1.82) is 0 Å². The van der Waals surface area contributed by atoms with Crippen LogP contribution >= 0.6 is 0 Å². The number of hydrogen-bond acceptors (Lipinski definition) is 2. The molecular weight excluding hydrogens is 184 g/mol. The molecule has 2 unspecified atom stereocenters. The van der Waals surface area contributed by atoms with Crippen LogP contribution in [0.25, 0.3) is 0 Å². The summed E-state index contributed by atoms with van der Waals surface area (Å²) in [5, 5.41) is 3.62. The molecule has 0 aromatic heterocycles. The first-order valence-electron chi connectivity index (χ1n) is 6.72. The normalized spacial score (nSPS) is 27.2. The van der Waals surface area contributed by atoms with Crippen LogP contribution in [0.5, 0.6) is 0 Å². The van der Waals surface area contributed by atoms with Crippen LogP contribution in [0.3, 0.4) is 0 Å². The van der Waals surface area contributed by atoms with Crippen LogP contribution in [0.1, 0.15) is 52.4 Å². The molecule has 0 saturated heterocycles. The summed E-state index contributed by atoms with van der Waals surface area (Å²) >= 11 is 0. The monoisotopic (exact) mass is 212 g/mol. The first kappa shape index (κ1) is 13.0. The van der Waals surface area contributed by atoms with E-state index in [1.54, 1.807) is 0 Å². The molecule has 3 N–H and O–H groups in total. The van der Waals surface area contributed by atoms with Gasteiger partial charge in [0.25, 0.3) is 0 Å². The molecule has 2 atom stereocenters. The molecule has 1 aliphatic carbocycles. The molecular formula is C13H28N2. The maximum Gasteiger partial charge on any atom is 0.00419 e. The van der Waals surface area contributed by atoms with Crippen molar-refractivity contribution in [1.82, 2.24) is 5.32 Å². The lowest BCUT2D eigenvalue weighted by Gasteiger charge is -2.27. The molecule has 1 aliphatic rings. The zero-order valence-electron chi connectivity index (χ0n) is 10.5. The van der Waals surface area contributed by atoms with Crippen LogP contribution in [-0.4, -0.2) is 19.1 Å². The van der Waals surface area contributed by atoms with E-state index in [-0.39, 0.29) is 0 Å². The van der Waals surface area contributed by atoms with Crippen LogP contribution in [0, 0.1) is 11.8 Å². The minimum Gasteiger partial charge on any atom is -0.328 e. The predicted octanol–water partition coefficient (Wildman–Crippen LogP) is 2.53. The van der Waals surface area contributed by atoms with Gasteiger partial charge in [-0.05, 0) is 44.2 Å². The van der Waals surface area contributed by atoms with E-state index in [0.717, 1.165) is 11.8 Å². The molecule has 0 amide bonds. The fraction of sp³-hybridized carbons (Fsp3) is 1.00. The van der Waals surface area contributed by atoms with Crippen molar-refractivity contribution >= 4 is 0 Å². The Balaban J connectivity index is 2.08. The zero-order valence-corrected chi connectivity index (χ0v) is 10.5. The maximum atomic E-state index is 5.98. The third-order valence-electron chi connectivity index (χ3n) is 3.84. The number of hydrogen-bond donors (Lipinski definition) is 2. The second-order valence-corrected chi connectivity index (χ2v) is 5.13. The lowest BCUT2D eigenvalue weighted by atomic mass is 9.86. The van der Waals surface area contributed by atoms with Gasteiger partial charge in [0.1, 0.15) is 0 Å². The first-order valence-corrected chi connectivity index (χ1v) is 6.72. The average Bonchev–Trinajstić information content (AvgIpc) is 2.25. The summed E-state index contributed by atoms with van der Waals surface area (Å²) in [7, 11) is 0. The molecule has 2 nitrogen and oxygen atoms in total. The Morgan fingerprint density at radius 2 is 2.00 bits per heavy atom. The van der Waals surface area contributed by atoms with Crippen molar-refractivity contribution in [3.05, 3.63) is 0 Å². The highest BCUT2D eigenvalue weighted by Crippen LogP contribution is 2.22. The van der Waals surface area contributed by atoms with Gasteiger partial charge in [-0.15, -0.1) is 0 Å². The number of nitrogens with two attached hydrogens (primary N) is 1. The zero-order chi connectivity index (χ0) is 11.1. The van der Waals surface area contributed by atoms with Gasteiger partial charge in [-0.2, -0.15) is 0 Å². The molecule has 2 heteroatoms. The van der Waals surface area contributed by atoms with Crippen molar-refractivity contribution in [3.63, 3.8) is 0 Å². The topological polar surface area (TPSA) is 38.0 Å². The van der Waals surface area contributed by atoms with E-state index >= 15 is 0 Å². The minimum absolute atomic E-state index is 0.471. The predicted molar refractivity (Wildman–Crippen MR) is 66.9 cm³/mol. The molecule has 15 heavy (non-hydrogen) atoms. The average molecular weight is 212 g/mol. The summed E-state index contributed by atoms with van der Waals surface area (Å²) in [6.07, 6.45) is 7.78. The van der Waals surface area contributed by atoms with Crippen LogP contribution in [0.15, 0.2) is 0 Å². The highest BCUT2D eigenvalue weighted by atomic mass is 14.9. The van der Waals surface area contributed by atoms with Gasteiger partial charge in [0.05, 0.1) is 0 Å². The van der Waals surface area contributed by atoms with Crippen LogP contribution < -0.4 is 11.1 Å². The molecule has 0 radical (unpaired) electrons. The van der Waals surface area contributed by atoms with Crippen molar-refractivity contribution in [2.24, 2.45) is 17.6 Å². The summed E-state index contributed by atoms with van der Waals surface area (Å²) in [5.74, 6) is 1.70. The van der Waals surface area contributed by atoms with Crippen LogP contribution in [0.4, 0.5) is 0 Å². The third-order valence-corrected chi connectivity index (χ3v) is 3.84. The third kappa shape index (κ3) is 4.98. The maximum absolute atomic E-state index is 5.98. The van der Waals surface area contributed by atoms with E-state index < -0.39 is 0 Å². The molecule has 90 valence electrons. The quantitative estimate of drug-likeness (QED) is 0.710. The van der Waals surface area contributed by atoms with Gasteiger partial charge >= 0.3 is 0 Å². The molecule has 1 saturated carbocycles. The Morgan fingerprint density at radius 3 is 2.60 bits per heavy atom. The Hall–Kier alpha value is -0.0800. The lowest BCUT2D eigenvalue weighted by Crippen LogP contribution is -2.34. The van der Waals surface area contributed by atoms with Gasteiger partial charge in [-0.3, -0.25) is 0 Å². The van der Waals surface area contributed by atoms with Crippen LogP contribution in [0.2, 0.25) is 0 Å². The minimum atomic E-state index is 0.471. The number of nitrogens with one attached hydrogen (secondary N) is 1. The van der Waals surface area contributed by atoms with Gasteiger partial charge in [-0.1, -0.05) is 33.1 Å². The summed E-state index contributed by atoms with van der Waals surface area (Å²) in [5.41, 5.74) is 5.98. The van der Waals surface area contributed by atoms with Crippen LogP contribution in [-0.2, 0) is 0 Å².